The molecule has 3 nitrogen and oxygen atoms in total. The summed E-state index contributed by atoms with van der Waals surface area (Å²) >= 11 is 5.89. The van der Waals surface area contributed by atoms with Crippen LogP contribution in [0, 0.1) is 6.92 Å². The quantitative estimate of drug-likeness (QED) is 0.715. The Hall–Kier alpha value is -1.22. The number of carbonyl (C=O) groups is 1. The lowest BCUT2D eigenvalue weighted by molar-refractivity contribution is 0.254. The number of rotatable bonds is 1. The largest absolute Gasteiger partial charge is 0.341 e. The van der Waals surface area contributed by atoms with E-state index in [-0.39, 0.29) is 6.03 Å². The Bertz CT molecular complexity index is 325. The Labute approximate surface area is 82.1 Å². The van der Waals surface area contributed by atoms with E-state index in [1.807, 2.05) is 13.0 Å². The molecule has 0 bridgehead atoms. The highest BCUT2D eigenvalue weighted by Crippen LogP contribution is 2.22. The normalized spacial score (nSPS) is 9.46. The molecule has 0 atom stereocenters. The molecular formula is C9H11ClN2O. The van der Waals surface area contributed by atoms with Crippen LogP contribution in [0.25, 0.3) is 0 Å². The fraction of sp³-hybridized carbons (Fsp3) is 0.222. The minimum Gasteiger partial charge on any atom is -0.341 e. The van der Waals surface area contributed by atoms with Crippen LogP contribution in [0.2, 0.25) is 5.02 Å². The van der Waals surface area contributed by atoms with Crippen molar-refractivity contribution >= 4 is 23.3 Å². The third-order valence-electron chi connectivity index (χ3n) is 1.60. The summed E-state index contributed by atoms with van der Waals surface area (Å²) in [5, 5.41) is 5.60. The summed E-state index contributed by atoms with van der Waals surface area (Å²) in [5.41, 5.74) is 1.68. The number of nitrogens with one attached hydrogen (secondary N) is 2. The van der Waals surface area contributed by atoms with Crippen LogP contribution in [0.1, 0.15) is 5.56 Å². The van der Waals surface area contributed by atoms with Crippen LogP contribution in [0.15, 0.2) is 18.2 Å². The van der Waals surface area contributed by atoms with Gasteiger partial charge in [-0.15, -0.1) is 0 Å². The molecule has 0 saturated heterocycles. The van der Waals surface area contributed by atoms with Crippen LogP contribution < -0.4 is 10.6 Å². The predicted molar refractivity (Wildman–Crippen MR) is 54.3 cm³/mol. The summed E-state index contributed by atoms with van der Waals surface area (Å²) in [6.45, 7) is 1.94. The number of benzene rings is 1. The zero-order valence-electron chi connectivity index (χ0n) is 7.52. The van der Waals surface area contributed by atoms with Crippen molar-refractivity contribution in [2.75, 3.05) is 12.4 Å². The lowest BCUT2D eigenvalue weighted by Crippen LogP contribution is -2.24. The molecule has 13 heavy (non-hydrogen) atoms. The van der Waals surface area contributed by atoms with E-state index in [1.165, 1.54) is 0 Å². The van der Waals surface area contributed by atoms with Crippen molar-refractivity contribution in [3.63, 3.8) is 0 Å². The number of anilines is 1. The third kappa shape index (κ3) is 2.63. The van der Waals surface area contributed by atoms with Gasteiger partial charge in [-0.3, -0.25) is 0 Å². The molecule has 0 saturated carbocycles. The van der Waals surface area contributed by atoms with Crippen LogP contribution in [0.3, 0.4) is 0 Å². The van der Waals surface area contributed by atoms with Crippen molar-refractivity contribution in [2.24, 2.45) is 0 Å². The van der Waals surface area contributed by atoms with Crippen molar-refractivity contribution in [1.82, 2.24) is 5.32 Å². The molecule has 0 heterocycles. The van der Waals surface area contributed by atoms with Crippen LogP contribution in [0.4, 0.5) is 10.5 Å². The Morgan fingerprint density at radius 3 is 2.69 bits per heavy atom. The zero-order valence-corrected chi connectivity index (χ0v) is 8.27. The molecule has 0 aliphatic carbocycles. The molecule has 0 radical (unpaired) electrons. The number of halogens is 1. The average Bonchev–Trinajstić information content (AvgIpc) is 2.09. The van der Waals surface area contributed by atoms with E-state index >= 15 is 0 Å². The first-order valence-electron chi connectivity index (χ1n) is 3.88. The van der Waals surface area contributed by atoms with Gasteiger partial charge in [-0.2, -0.15) is 0 Å². The highest BCUT2D eigenvalue weighted by Gasteiger charge is 2.02. The Kier molecular flexibility index (Phi) is 3.14. The molecule has 1 rings (SSSR count). The van der Waals surface area contributed by atoms with Crippen molar-refractivity contribution < 1.29 is 4.79 Å². The van der Waals surface area contributed by atoms with Crippen molar-refractivity contribution in [3.05, 3.63) is 28.8 Å². The molecular weight excluding hydrogens is 188 g/mol. The van der Waals surface area contributed by atoms with Crippen LogP contribution in [0.5, 0.6) is 0 Å². The maximum Gasteiger partial charge on any atom is 0.319 e. The molecule has 0 fully saturated rings. The molecule has 4 heteroatoms. The molecule has 0 spiro atoms. The second-order valence-corrected chi connectivity index (χ2v) is 3.09. The first kappa shape index (κ1) is 9.86. The summed E-state index contributed by atoms with van der Waals surface area (Å²) in [5.74, 6) is 0. The molecule has 0 aliphatic rings. The second-order valence-electron chi connectivity index (χ2n) is 2.69. The highest BCUT2D eigenvalue weighted by atomic mass is 35.5. The van der Waals surface area contributed by atoms with Gasteiger partial charge < -0.3 is 10.6 Å². The Balaban J connectivity index is 2.83. The topological polar surface area (TPSA) is 41.1 Å². The van der Waals surface area contributed by atoms with E-state index in [9.17, 15) is 4.79 Å². The van der Waals surface area contributed by atoms with Gasteiger partial charge in [-0.05, 0) is 24.6 Å². The van der Waals surface area contributed by atoms with E-state index < -0.39 is 0 Å². The molecule has 0 aliphatic heterocycles. The van der Waals surface area contributed by atoms with Gasteiger partial charge in [0.15, 0.2) is 0 Å². The van der Waals surface area contributed by atoms with E-state index in [0.29, 0.717) is 10.7 Å². The molecule has 0 aromatic heterocycles. The van der Waals surface area contributed by atoms with Gasteiger partial charge in [0.1, 0.15) is 0 Å². The van der Waals surface area contributed by atoms with Gasteiger partial charge >= 0.3 is 6.03 Å². The smallest absolute Gasteiger partial charge is 0.319 e. The summed E-state index contributed by atoms with van der Waals surface area (Å²) in [6, 6.07) is 5.18. The SMILES string of the molecule is CNC(=O)Nc1ccc(C)cc1Cl. The lowest BCUT2D eigenvalue weighted by atomic mass is 10.2. The zero-order chi connectivity index (χ0) is 9.84. The van der Waals surface area contributed by atoms with Gasteiger partial charge in [0, 0.05) is 7.05 Å². The minimum absolute atomic E-state index is 0.272. The van der Waals surface area contributed by atoms with Crippen molar-refractivity contribution in [3.8, 4) is 0 Å². The van der Waals surface area contributed by atoms with Crippen molar-refractivity contribution in [2.45, 2.75) is 6.92 Å². The Morgan fingerprint density at radius 2 is 2.15 bits per heavy atom. The van der Waals surface area contributed by atoms with Gasteiger partial charge in [0.2, 0.25) is 0 Å². The van der Waals surface area contributed by atoms with Gasteiger partial charge in [0.05, 0.1) is 10.7 Å². The number of carbonyl (C=O) groups excluding carboxylic acids is 1. The molecule has 2 amide bonds. The molecule has 1 aromatic carbocycles. The summed E-state index contributed by atoms with van der Waals surface area (Å²) in [4.78, 5) is 10.9. The monoisotopic (exact) mass is 198 g/mol. The summed E-state index contributed by atoms with van der Waals surface area (Å²) in [7, 11) is 1.55. The van der Waals surface area contributed by atoms with Crippen LogP contribution in [-0.4, -0.2) is 13.1 Å². The summed E-state index contributed by atoms with van der Waals surface area (Å²) in [6.07, 6.45) is 0. The van der Waals surface area contributed by atoms with Gasteiger partial charge in [-0.25, -0.2) is 4.79 Å². The third-order valence-corrected chi connectivity index (χ3v) is 1.91. The fourth-order valence-corrected chi connectivity index (χ4v) is 1.19. The van der Waals surface area contributed by atoms with E-state index in [4.69, 9.17) is 11.6 Å². The van der Waals surface area contributed by atoms with Crippen LogP contribution in [-0.2, 0) is 0 Å². The molecule has 70 valence electrons. The first-order chi connectivity index (χ1) is 6.13. The fourth-order valence-electron chi connectivity index (χ4n) is 0.906. The highest BCUT2D eigenvalue weighted by molar-refractivity contribution is 6.33. The number of hydrogen-bond acceptors (Lipinski definition) is 1. The first-order valence-corrected chi connectivity index (χ1v) is 4.26. The Morgan fingerprint density at radius 1 is 1.46 bits per heavy atom. The molecule has 2 N–H and O–H groups in total. The van der Waals surface area contributed by atoms with Crippen LogP contribution >= 0.6 is 11.6 Å². The maximum absolute atomic E-state index is 10.9. The number of aryl methyl sites for hydroxylation is 1. The van der Waals surface area contributed by atoms with Gasteiger partial charge in [-0.1, -0.05) is 17.7 Å². The molecule has 1 aromatic rings. The number of hydrogen-bond donors (Lipinski definition) is 2. The van der Waals surface area contributed by atoms with E-state index in [2.05, 4.69) is 10.6 Å². The standard InChI is InChI=1S/C9H11ClN2O/c1-6-3-4-8(7(10)5-6)12-9(13)11-2/h3-5H,1-2H3,(H2,11,12,13). The number of urea groups is 1. The molecule has 0 unspecified atom stereocenters. The summed E-state index contributed by atoms with van der Waals surface area (Å²) < 4.78 is 0. The number of amides is 2. The van der Waals surface area contributed by atoms with Crippen molar-refractivity contribution in [1.29, 1.82) is 0 Å². The lowest BCUT2D eigenvalue weighted by Gasteiger charge is -2.06. The minimum atomic E-state index is -0.272. The average molecular weight is 199 g/mol. The van der Waals surface area contributed by atoms with E-state index in [0.717, 1.165) is 5.56 Å². The van der Waals surface area contributed by atoms with E-state index in [1.54, 1.807) is 19.2 Å². The maximum atomic E-state index is 10.9. The second kappa shape index (κ2) is 4.14. The van der Waals surface area contributed by atoms with Gasteiger partial charge in [0.25, 0.3) is 0 Å². The predicted octanol–water partition coefficient (Wildman–Crippen LogP) is 2.40.